The molecular weight excluding hydrogens is 246 g/mol. The van der Waals surface area contributed by atoms with Gasteiger partial charge in [0.15, 0.2) is 0 Å². The number of hydrogen-bond donors (Lipinski definition) is 1. The smallest absolute Gasteiger partial charge is 0.122 e. The summed E-state index contributed by atoms with van der Waals surface area (Å²) in [5.74, 6) is 1.74. The molecule has 0 atom stereocenters. The summed E-state index contributed by atoms with van der Waals surface area (Å²) in [6.07, 6.45) is 7.59. The normalized spacial score (nSPS) is 16.1. The van der Waals surface area contributed by atoms with Gasteiger partial charge >= 0.3 is 0 Å². The van der Waals surface area contributed by atoms with Gasteiger partial charge < -0.3 is 10.5 Å². The summed E-state index contributed by atoms with van der Waals surface area (Å²) in [7, 11) is 0. The SMILES string of the molecule is C=C(CCN)c1cccc(OCC2CCCCC2)c1C. The zero-order valence-electron chi connectivity index (χ0n) is 12.7. The molecule has 1 saturated carbocycles. The molecule has 1 fully saturated rings. The summed E-state index contributed by atoms with van der Waals surface area (Å²) >= 11 is 0. The Labute approximate surface area is 123 Å². The van der Waals surface area contributed by atoms with Gasteiger partial charge in [-0.05, 0) is 61.4 Å². The fourth-order valence-corrected chi connectivity index (χ4v) is 3.02. The second kappa shape index (κ2) is 7.49. The van der Waals surface area contributed by atoms with Crippen molar-refractivity contribution >= 4 is 5.57 Å². The van der Waals surface area contributed by atoms with Crippen LogP contribution in [-0.4, -0.2) is 13.2 Å². The summed E-state index contributed by atoms with van der Waals surface area (Å²) in [5.41, 5.74) is 9.11. The summed E-state index contributed by atoms with van der Waals surface area (Å²) in [5, 5.41) is 0. The van der Waals surface area contributed by atoms with Gasteiger partial charge in [0.05, 0.1) is 6.61 Å². The number of hydrogen-bond acceptors (Lipinski definition) is 2. The van der Waals surface area contributed by atoms with E-state index in [1.807, 2.05) is 0 Å². The largest absolute Gasteiger partial charge is 0.493 e. The van der Waals surface area contributed by atoms with Crippen molar-refractivity contribution in [3.8, 4) is 5.75 Å². The Morgan fingerprint density at radius 3 is 2.75 bits per heavy atom. The first kappa shape index (κ1) is 15.1. The summed E-state index contributed by atoms with van der Waals surface area (Å²) in [4.78, 5) is 0. The van der Waals surface area contributed by atoms with Crippen LogP contribution in [0.5, 0.6) is 5.75 Å². The maximum Gasteiger partial charge on any atom is 0.122 e. The van der Waals surface area contributed by atoms with E-state index < -0.39 is 0 Å². The molecule has 0 radical (unpaired) electrons. The molecule has 0 spiro atoms. The lowest BCUT2D eigenvalue weighted by Crippen LogP contribution is -2.15. The van der Waals surface area contributed by atoms with E-state index in [2.05, 4.69) is 31.7 Å². The van der Waals surface area contributed by atoms with Crippen LogP contribution in [0.1, 0.15) is 49.7 Å². The summed E-state index contributed by atoms with van der Waals surface area (Å²) < 4.78 is 6.07. The highest BCUT2D eigenvalue weighted by atomic mass is 16.5. The molecule has 20 heavy (non-hydrogen) atoms. The van der Waals surface area contributed by atoms with E-state index >= 15 is 0 Å². The molecule has 0 aromatic heterocycles. The van der Waals surface area contributed by atoms with Crippen molar-refractivity contribution in [2.75, 3.05) is 13.2 Å². The van der Waals surface area contributed by atoms with Crippen molar-refractivity contribution in [1.29, 1.82) is 0 Å². The molecule has 0 unspecified atom stereocenters. The lowest BCUT2D eigenvalue weighted by Gasteiger charge is -2.22. The van der Waals surface area contributed by atoms with Crippen molar-refractivity contribution in [3.63, 3.8) is 0 Å². The van der Waals surface area contributed by atoms with E-state index in [1.165, 1.54) is 43.2 Å². The van der Waals surface area contributed by atoms with Gasteiger partial charge in [0.2, 0.25) is 0 Å². The Bertz CT molecular complexity index is 447. The fraction of sp³-hybridized carbons (Fsp3) is 0.556. The highest BCUT2D eigenvalue weighted by Gasteiger charge is 2.15. The molecule has 0 bridgehead atoms. The van der Waals surface area contributed by atoms with Crippen molar-refractivity contribution in [1.82, 2.24) is 0 Å². The minimum atomic E-state index is 0.644. The lowest BCUT2D eigenvalue weighted by molar-refractivity contribution is 0.208. The van der Waals surface area contributed by atoms with Crippen LogP contribution in [-0.2, 0) is 0 Å². The first-order valence-corrected chi connectivity index (χ1v) is 7.83. The van der Waals surface area contributed by atoms with E-state index in [0.29, 0.717) is 6.54 Å². The van der Waals surface area contributed by atoms with E-state index in [-0.39, 0.29) is 0 Å². The minimum Gasteiger partial charge on any atom is -0.493 e. The predicted octanol–water partition coefficient (Wildman–Crippen LogP) is 4.32. The lowest BCUT2D eigenvalue weighted by atomic mass is 9.90. The molecule has 110 valence electrons. The first-order valence-electron chi connectivity index (χ1n) is 7.83. The second-order valence-corrected chi connectivity index (χ2v) is 5.89. The molecule has 0 saturated heterocycles. The number of rotatable bonds is 6. The third-order valence-electron chi connectivity index (χ3n) is 4.31. The van der Waals surface area contributed by atoms with Gasteiger partial charge in [-0.25, -0.2) is 0 Å². The Morgan fingerprint density at radius 1 is 1.30 bits per heavy atom. The van der Waals surface area contributed by atoms with Gasteiger partial charge in [0, 0.05) is 0 Å². The Kier molecular flexibility index (Phi) is 5.66. The van der Waals surface area contributed by atoms with E-state index in [9.17, 15) is 0 Å². The monoisotopic (exact) mass is 273 g/mol. The van der Waals surface area contributed by atoms with Crippen molar-refractivity contribution in [3.05, 3.63) is 35.9 Å². The van der Waals surface area contributed by atoms with E-state index in [1.54, 1.807) is 0 Å². The highest BCUT2D eigenvalue weighted by molar-refractivity contribution is 5.68. The van der Waals surface area contributed by atoms with E-state index in [4.69, 9.17) is 10.5 Å². The zero-order valence-corrected chi connectivity index (χ0v) is 12.7. The van der Waals surface area contributed by atoms with Crippen LogP contribution in [0.3, 0.4) is 0 Å². The Morgan fingerprint density at radius 2 is 2.05 bits per heavy atom. The molecule has 1 aliphatic carbocycles. The second-order valence-electron chi connectivity index (χ2n) is 5.89. The molecule has 1 aliphatic rings. The Balaban J connectivity index is 2.00. The van der Waals surface area contributed by atoms with Gasteiger partial charge in [-0.1, -0.05) is 38.0 Å². The molecular formula is C18H27NO. The Hall–Kier alpha value is -1.28. The average Bonchev–Trinajstić information content (AvgIpc) is 2.47. The van der Waals surface area contributed by atoms with Crippen molar-refractivity contribution in [2.45, 2.75) is 45.4 Å². The van der Waals surface area contributed by atoms with Crippen LogP contribution < -0.4 is 10.5 Å². The summed E-state index contributed by atoms with van der Waals surface area (Å²) in [6.45, 7) is 7.75. The molecule has 2 rings (SSSR count). The molecule has 2 N–H and O–H groups in total. The van der Waals surface area contributed by atoms with Gasteiger partial charge in [-0.15, -0.1) is 0 Å². The maximum atomic E-state index is 6.07. The molecule has 1 aromatic rings. The van der Waals surface area contributed by atoms with Crippen LogP contribution in [0.2, 0.25) is 0 Å². The van der Waals surface area contributed by atoms with Crippen LogP contribution in [0, 0.1) is 12.8 Å². The summed E-state index contributed by atoms with van der Waals surface area (Å²) in [6, 6.07) is 6.23. The van der Waals surface area contributed by atoms with Gasteiger partial charge in [-0.2, -0.15) is 0 Å². The molecule has 1 aromatic carbocycles. The van der Waals surface area contributed by atoms with Gasteiger partial charge in [0.1, 0.15) is 5.75 Å². The van der Waals surface area contributed by atoms with Gasteiger partial charge in [0.25, 0.3) is 0 Å². The van der Waals surface area contributed by atoms with Crippen LogP contribution in [0.15, 0.2) is 24.8 Å². The van der Waals surface area contributed by atoms with Crippen LogP contribution in [0.4, 0.5) is 0 Å². The maximum absolute atomic E-state index is 6.07. The van der Waals surface area contributed by atoms with Crippen LogP contribution >= 0.6 is 0 Å². The first-order chi connectivity index (χ1) is 9.72. The van der Waals surface area contributed by atoms with E-state index in [0.717, 1.165) is 30.3 Å². The zero-order chi connectivity index (χ0) is 14.4. The number of nitrogens with two attached hydrogens (primary N) is 1. The highest BCUT2D eigenvalue weighted by Crippen LogP contribution is 2.29. The standard InChI is InChI=1S/C18H27NO/c1-14(11-12-19)17-9-6-10-18(15(17)2)20-13-16-7-4-3-5-8-16/h6,9-10,16H,1,3-5,7-8,11-13,19H2,2H3. The third-order valence-corrected chi connectivity index (χ3v) is 4.31. The van der Waals surface area contributed by atoms with Crippen molar-refractivity contribution in [2.24, 2.45) is 11.7 Å². The molecule has 0 aliphatic heterocycles. The topological polar surface area (TPSA) is 35.2 Å². The quantitative estimate of drug-likeness (QED) is 0.838. The van der Waals surface area contributed by atoms with Gasteiger partial charge in [-0.3, -0.25) is 0 Å². The predicted molar refractivity (Wildman–Crippen MR) is 86.0 cm³/mol. The molecule has 0 amide bonds. The number of benzene rings is 1. The average molecular weight is 273 g/mol. The fourth-order valence-electron chi connectivity index (χ4n) is 3.02. The third kappa shape index (κ3) is 3.86. The van der Waals surface area contributed by atoms with Crippen LogP contribution in [0.25, 0.3) is 5.57 Å². The molecule has 2 heteroatoms. The van der Waals surface area contributed by atoms with Crippen molar-refractivity contribution < 1.29 is 4.74 Å². The minimum absolute atomic E-state index is 0.644. The number of ether oxygens (including phenoxy) is 1. The molecule has 0 heterocycles. The molecule has 2 nitrogen and oxygen atoms in total.